The molecule has 3 unspecified atom stereocenters. The minimum Gasteiger partial charge on any atom is -0.302 e. The third-order valence-electron chi connectivity index (χ3n) is 5.17. The molecule has 100 valence electrons. The molecule has 5 rings (SSSR count). The summed E-state index contributed by atoms with van der Waals surface area (Å²) in [6.07, 6.45) is 5.14. The first-order valence-corrected chi connectivity index (χ1v) is 8.90. The summed E-state index contributed by atoms with van der Waals surface area (Å²) in [5.74, 6) is 4.76. The summed E-state index contributed by atoms with van der Waals surface area (Å²) in [5, 5.41) is 0. The van der Waals surface area contributed by atoms with Gasteiger partial charge in [-0.3, -0.25) is 0 Å². The maximum absolute atomic E-state index is 4.43. The Bertz CT molecular complexity index is 345. The van der Waals surface area contributed by atoms with Gasteiger partial charge in [-0.2, -0.15) is 0 Å². The Labute approximate surface area is 118 Å². The zero-order chi connectivity index (χ0) is 12.2. The predicted molar refractivity (Wildman–Crippen MR) is 79.7 cm³/mol. The molecule has 3 atom stereocenters. The molecule has 4 bridgehead atoms. The molecule has 0 radical (unpaired) electrons. The molecule has 1 N–H and O–H groups in total. The van der Waals surface area contributed by atoms with E-state index in [0.717, 1.165) is 23.7 Å². The van der Waals surface area contributed by atoms with E-state index in [1.807, 2.05) is 0 Å². The first kappa shape index (κ1) is 12.1. The summed E-state index contributed by atoms with van der Waals surface area (Å²) < 4.78 is 8.07. The molecule has 0 aromatic heterocycles. The third kappa shape index (κ3) is 1.70. The van der Waals surface area contributed by atoms with Crippen LogP contribution in [0.5, 0.6) is 0 Å². The van der Waals surface area contributed by atoms with E-state index in [9.17, 15) is 0 Å². The highest BCUT2D eigenvalue weighted by Crippen LogP contribution is 2.54. The topological polar surface area (TPSA) is 27.6 Å². The summed E-state index contributed by atoms with van der Waals surface area (Å²) >= 11 is 3.62. The van der Waals surface area contributed by atoms with Gasteiger partial charge in [-0.1, -0.05) is 6.92 Å². The van der Waals surface area contributed by atoms with Gasteiger partial charge in [-0.25, -0.2) is 9.12 Å². The highest BCUT2D eigenvalue weighted by atomic mass is 32.2. The number of hydrogen-bond donors (Lipinski definition) is 1. The van der Waals surface area contributed by atoms with Crippen molar-refractivity contribution in [2.45, 2.75) is 24.6 Å². The van der Waals surface area contributed by atoms with E-state index in [1.165, 1.54) is 38.2 Å². The van der Waals surface area contributed by atoms with Crippen molar-refractivity contribution in [1.82, 2.24) is 9.62 Å². The van der Waals surface area contributed by atoms with Gasteiger partial charge in [0.05, 0.1) is 12.1 Å². The minimum absolute atomic E-state index is 0.128. The molecule has 18 heavy (non-hydrogen) atoms. The maximum Gasteiger partial charge on any atom is 0.115 e. The number of nitrogens with zero attached hydrogens (tertiary/aromatic N) is 2. The SMILES string of the molecule is CCSC1(C2C3CC4CC2CN(C4)C3)C=NSN1. The van der Waals surface area contributed by atoms with Crippen molar-refractivity contribution in [1.29, 1.82) is 0 Å². The van der Waals surface area contributed by atoms with E-state index in [2.05, 4.69) is 38.9 Å². The second-order valence-electron chi connectivity index (χ2n) is 6.26. The molecule has 4 aliphatic heterocycles. The van der Waals surface area contributed by atoms with Crippen LogP contribution < -0.4 is 4.72 Å². The molecule has 0 aromatic rings. The fourth-order valence-electron chi connectivity index (χ4n) is 4.89. The molecule has 0 aromatic carbocycles. The van der Waals surface area contributed by atoms with E-state index in [4.69, 9.17) is 0 Å². The Hall–Kier alpha value is 0.290. The molecule has 0 spiro atoms. The average molecular weight is 283 g/mol. The molecule has 3 nitrogen and oxygen atoms in total. The van der Waals surface area contributed by atoms with Crippen LogP contribution in [-0.4, -0.2) is 41.4 Å². The van der Waals surface area contributed by atoms with Crippen LogP contribution in [0.15, 0.2) is 4.40 Å². The minimum atomic E-state index is 0.128. The van der Waals surface area contributed by atoms with Gasteiger partial charge in [-0.15, -0.1) is 11.8 Å². The van der Waals surface area contributed by atoms with Crippen molar-refractivity contribution in [3.63, 3.8) is 0 Å². The predicted octanol–water partition coefficient (Wildman–Crippen LogP) is 2.26. The van der Waals surface area contributed by atoms with E-state index in [1.54, 1.807) is 12.1 Å². The molecule has 3 saturated heterocycles. The van der Waals surface area contributed by atoms with Crippen LogP contribution in [-0.2, 0) is 0 Å². The highest BCUT2D eigenvalue weighted by Gasteiger charge is 2.56. The molecule has 0 amide bonds. The van der Waals surface area contributed by atoms with Gasteiger partial charge in [0.25, 0.3) is 0 Å². The van der Waals surface area contributed by atoms with Crippen molar-refractivity contribution in [2.75, 3.05) is 25.4 Å². The lowest BCUT2D eigenvalue weighted by Crippen LogP contribution is -2.64. The second-order valence-corrected chi connectivity index (χ2v) is 8.39. The monoisotopic (exact) mass is 283 g/mol. The summed E-state index contributed by atoms with van der Waals surface area (Å²) in [4.78, 5) is 2.84. The first-order chi connectivity index (χ1) is 8.81. The van der Waals surface area contributed by atoms with Crippen LogP contribution in [0.25, 0.3) is 0 Å². The van der Waals surface area contributed by atoms with Crippen molar-refractivity contribution < 1.29 is 0 Å². The van der Waals surface area contributed by atoms with E-state index in [0.29, 0.717) is 0 Å². The number of hydrogen-bond acceptors (Lipinski definition) is 5. The molecule has 4 fully saturated rings. The van der Waals surface area contributed by atoms with Crippen LogP contribution in [0.1, 0.15) is 19.8 Å². The molecular weight excluding hydrogens is 262 g/mol. The maximum atomic E-state index is 4.43. The zero-order valence-corrected chi connectivity index (χ0v) is 12.5. The van der Waals surface area contributed by atoms with Crippen molar-refractivity contribution in [2.24, 2.45) is 28.1 Å². The van der Waals surface area contributed by atoms with Gasteiger partial charge in [0.2, 0.25) is 0 Å². The Kier molecular flexibility index (Phi) is 2.95. The number of piperidine rings is 3. The number of rotatable bonds is 3. The molecule has 1 aliphatic carbocycles. The second kappa shape index (κ2) is 4.40. The molecule has 4 heterocycles. The normalized spacial score (nSPS) is 53.3. The lowest BCUT2D eigenvalue weighted by molar-refractivity contribution is -0.0703. The van der Waals surface area contributed by atoms with Gasteiger partial charge < -0.3 is 4.90 Å². The number of thioether (sulfide) groups is 1. The lowest BCUT2D eigenvalue weighted by atomic mass is 9.60. The van der Waals surface area contributed by atoms with Gasteiger partial charge in [0, 0.05) is 31.8 Å². The molecule has 1 saturated carbocycles. The Balaban J connectivity index is 1.65. The van der Waals surface area contributed by atoms with Crippen LogP contribution in [0.3, 0.4) is 0 Å². The zero-order valence-electron chi connectivity index (χ0n) is 10.8. The Morgan fingerprint density at radius 3 is 2.72 bits per heavy atom. The summed E-state index contributed by atoms with van der Waals surface area (Å²) in [6, 6.07) is 0. The Morgan fingerprint density at radius 2 is 2.17 bits per heavy atom. The van der Waals surface area contributed by atoms with E-state index in [-0.39, 0.29) is 4.87 Å². The molecule has 5 heteroatoms. The van der Waals surface area contributed by atoms with Gasteiger partial charge >= 0.3 is 0 Å². The van der Waals surface area contributed by atoms with Crippen molar-refractivity contribution in [3.05, 3.63) is 0 Å². The van der Waals surface area contributed by atoms with Crippen LogP contribution in [0, 0.1) is 23.7 Å². The third-order valence-corrected chi connectivity index (χ3v) is 7.19. The van der Waals surface area contributed by atoms with Crippen LogP contribution >= 0.6 is 23.9 Å². The van der Waals surface area contributed by atoms with Crippen molar-refractivity contribution >= 4 is 30.1 Å². The van der Waals surface area contributed by atoms with E-state index >= 15 is 0 Å². The summed E-state index contributed by atoms with van der Waals surface area (Å²) in [6.45, 7) is 6.32. The fraction of sp³-hybridized carbons (Fsp3) is 0.923. The quantitative estimate of drug-likeness (QED) is 0.804. The standard InChI is InChI=1S/C13H21N3S2/c1-2-17-13(8-14-18-15-13)12-10-3-9-4-11(12)7-16(5-9)6-10/h8-12,15H,2-7H2,1H3. The van der Waals surface area contributed by atoms with Crippen LogP contribution in [0.2, 0.25) is 0 Å². The van der Waals surface area contributed by atoms with Crippen LogP contribution in [0.4, 0.5) is 0 Å². The first-order valence-electron chi connectivity index (χ1n) is 7.15. The summed E-state index contributed by atoms with van der Waals surface area (Å²) in [5.41, 5.74) is 0. The highest BCUT2D eigenvalue weighted by molar-refractivity contribution is 8.03. The van der Waals surface area contributed by atoms with Gasteiger partial charge in [0.15, 0.2) is 0 Å². The van der Waals surface area contributed by atoms with Crippen molar-refractivity contribution in [3.8, 4) is 0 Å². The van der Waals surface area contributed by atoms with Gasteiger partial charge in [0.1, 0.15) is 4.87 Å². The molecular formula is C13H21N3S2. The van der Waals surface area contributed by atoms with Gasteiger partial charge in [-0.05, 0) is 36.3 Å². The Morgan fingerprint density at radius 1 is 1.39 bits per heavy atom. The average Bonchev–Trinajstić information content (AvgIpc) is 2.77. The smallest absolute Gasteiger partial charge is 0.115 e. The fourth-order valence-corrected chi connectivity index (χ4v) is 7.09. The largest absolute Gasteiger partial charge is 0.302 e. The molecule has 5 aliphatic rings. The summed E-state index contributed by atoms with van der Waals surface area (Å²) in [7, 11) is 0. The lowest BCUT2D eigenvalue weighted by Gasteiger charge is -2.59. The number of nitrogens with one attached hydrogen (secondary N) is 1. The van der Waals surface area contributed by atoms with E-state index < -0.39 is 0 Å².